The molecule has 0 aromatic heterocycles. The van der Waals surface area contributed by atoms with Crippen LogP contribution < -0.4 is 0 Å². The van der Waals surface area contributed by atoms with Gasteiger partial charge in [0, 0.05) is 0 Å². The molecule has 0 atom stereocenters. The molecule has 0 radical (unpaired) electrons. The van der Waals surface area contributed by atoms with Crippen LogP contribution >= 0.6 is 0 Å². The number of ether oxygens (including phenoxy) is 1. The molecule has 0 N–H and O–H groups in total. The van der Waals surface area contributed by atoms with E-state index in [1.54, 1.807) is 0 Å². The largest absolute Gasteiger partial charge is 0.465 e. The molecule has 2 heteroatoms. The summed E-state index contributed by atoms with van der Waals surface area (Å²) < 4.78 is 4.33. The molecule has 0 aliphatic rings. The summed E-state index contributed by atoms with van der Waals surface area (Å²) in [5.74, 6) is -0.365. The maximum Gasteiger partial charge on any atom is 0.338 e. The van der Waals surface area contributed by atoms with Crippen LogP contribution in [0.3, 0.4) is 0 Å². The molecule has 0 bridgehead atoms. The Kier molecular flexibility index (Phi) is 3.49. The van der Waals surface area contributed by atoms with Gasteiger partial charge in [-0.25, -0.2) is 4.79 Å². The minimum atomic E-state index is -0.365. The fraction of sp³-hybridized carbons (Fsp3) is 0.429. The number of carbonyl (C=O) groups is 1. The van der Waals surface area contributed by atoms with Crippen LogP contribution in [-0.2, 0) is 9.53 Å². The Morgan fingerprint density at radius 3 is 2.44 bits per heavy atom. The predicted molar refractivity (Wildman–Crippen MR) is 35.0 cm³/mol. The van der Waals surface area contributed by atoms with Gasteiger partial charge in [0.25, 0.3) is 0 Å². The lowest BCUT2D eigenvalue weighted by Gasteiger charge is -1.84. The molecular formula is C7H10O2. The Hall–Kier alpha value is -1.01. The topological polar surface area (TPSA) is 26.3 Å². The van der Waals surface area contributed by atoms with Crippen molar-refractivity contribution < 1.29 is 9.53 Å². The lowest BCUT2D eigenvalue weighted by molar-refractivity contribution is -0.134. The molecule has 0 aliphatic carbocycles. The van der Waals surface area contributed by atoms with Gasteiger partial charge in [0.1, 0.15) is 0 Å². The predicted octanol–water partition coefficient (Wildman–Crippen LogP) is 1.28. The molecule has 0 heterocycles. The monoisotopic (exact) mass is 126 g/mol. The summed E-state index contributed by atoms with van der Waals surface area (Å²) in [6.45, 7) is 3.72. The highest BCUT2D eigenvalue weighted by atomic mass is 16.5. The van der Waals surface area contributed by atoms with E-state index in [2.05, 4.69) is 10.5 Å². The van der Waals surface area contributed by atoms with E-state index in [-0.39, 0.29) is 5.97 Å². The van der Waals surface area contributed by atoms with E-state index in [1.807, 2.05) is 13.8 Å². The summed E-state index contributed by atoms with van der Waals surface area (Å²) in [6, 6.07) is 0. The van der Waals surface area contributed by atoms with Crippen molar-refractivity contribution in [3.63, 3.8) is 0 Å². The number of hydrogen-bond acceptors (Lipinski definition) is 2. The molecule has 0 aliphatic heterocycles. The summed E-state index contributed by atoms with van der Waals surface area (Å²) in [4.78, 5) is 10.4. The molecule has 9 heavy (non-hydrogen) atoms. The van der Waals surface area contributed by atoms with Crippen LogP contribution in [0, 0.1) is 0 Å². The van der Waals surface area contributed by atoms with Gasteiger partial charge in [-0.2, -0.15) is 0 Å². The zero-order valence-corrected chi connectivity index (χ0v) is 5.89. The lowest BCUT2D eigenvalue weighted by atomic mass is 10.4. The quantitative estimate of drug-likeness (QED) is 0.300. The minimum Gasteiger partial charge on any atom is -0.465 e. The van der Waals surface area contributed by atoms with Crippen molar-refractivity contribution >= 4 is 5.97 Å². The number of carbonyl (C=O) groups excluding carboxylic acids is 1. The van der Waals surface area contributed by atoms with Gasteiger partial charge in [-0.15, -0.1) is 5.73 Å². The highest BCUT2D eigenvalue weighted by Gasteiger charge is 1.86. The minimum absolute atomic E-state index is 0.365. The highest BCUT2D eigenvalue weighted by molar-refractivity contribution is 5.81. The molecule has 0 spiro atoms. The van der Waals surface area contributed by atoms with Crippen molar-refractivity contribution in [3.8, 4) is 0 Å². The molecule has 0 amide bonds. The Morgan fingerprint density at radius 2 is 2.11 bits per heavy atom. The van der Waals surface area contributed by atoms with E-state index < -0.39 is 0 Å². The first kappa shape index (κ1) is 7.99. The highest BCUT2D eigenvalue weighted by Crippen LogP contribution is 1.83. The summed E-state index contributed by atoms with van der Waals surface area (Å²) in [5, 5.41) is 0. The molecule has 2 nitrogen and oxygen atoms in total. The third-order valence-corrected chi connectivity index (χ3v) is 0.680. The SMILES string of the molecule is COC(=O)C=C=C(C)C. The summed E-state index contributed by atoms with van der Waals surface area (Å²) >= 11 is 0. The van der Waals surface area contributed by atoms with Crippen molar-refractivity contribution in [3.05, 3.63) is 17.4 Å². The summed E-state index contributed by atoms with van der Waals surface area (Å²) in [6.07, 6.45) is 1.27. The van der Waals surface area contributed by atoms with Gasteiger partial charge in [0.05, 0.1) is 13.2 Å². The van der Waals surface area contributed by atoms with Gasteiger partial charge >= 0.3 is 5.97 Å². The maximum absolute atomic E-state index is 10.4. The van der Waals surface area contributed by atoms with E-state index in [1.165, 1.54) is 13.2 Å². The number of methoxy groups -OCH3 is 1. The van der Waals surface area contributed by atoms with Crippen molar-refractivity contribution in [1.82, 2.24) is 0 Å². The Morgan fingerprint density at radius 1 is 1.56 bits per heavy atom. The van der Waals surface area contributed by atoms with Crippen LogP contribution in [-0.4, -0.2) is 13.1 Å². The van der Waals surface area contributed by atoms with Crippen molar-refractivity contribution in [2.24, 2.45) is 0 Å². The third kappa shape index (κ3) is 4.85. The van der Waals surface area contributed by atoms with Gasteiger partial charge in [-0.1, -0.05) is 0 Å². The van der Waals surface area contributed by atoms with Crippen LogP contribution in [0.2, 0.25) is 0 Å². The second-order valence-electron chi connectivity index (χ2n) is 1.81. The molecule has 0 aromatic rings. The molecule has 0 unspecified atom stereocenters. The van der Waals surface area contributed by atoms with E-state index in [4.69, 9.17) is 0 Å². The molecule has 0 saturated heterocycles. The smallest absolute Gasteiger partial charge is 0.338 e. The van der Waals surface area contributed by atoms with Crippen molar-refractivity contribution in [2.45, 2.75) is 13.8 Å². The van der Waals surface area contributed by atoms with E-state index in [0.717, 1.165) is 5.57 Å². The average molecular weight is 126 g/mol. The van der Waals surface area contributed by atoms with E-state index >= 15 is 0 Å². The molecule has 0 rings (SSSR count). The Balaban J connectivity index is 4.00. The average Bonchev–Trinajstić information content (AvgIpc) is 1.83. The Bertz CT molecular complexity index is 158. The number of rotatable bonds is 1. The fourth-order valence-corrected chi connectivity index (χ4v) is 0.262. The summed E-state index contributed by atoms with van der Waals surface area (Å²) in [7, 11) is 1.34. The number of esters is 1. The van der Waals surface area contributed by atoms with E-state index in [9.17, 15) is 4.79 Å². The fourth-order valence-electron chi connectivity index (χ4n) is 0.262. The standard InChI is InChI=1S/C7H10O2/c1-6(2)4-5-7(8)9-3/h5H,1-3H3. The van der Waals surface area contributed by atoms with Crippen LogP contribution in [0.1, 0.15) is 13.8 Å². The first-order valence-corrected chi connectivity index (χ1v) is 2.64. The van der Waals surface area contributed by atoms with Gasteiger partial charge in [0.15, 0.2) is 0 Å². The Labute approximate surface area is 54.8 Å². The van der Waals surface area contributed by atoms with Gasteiger partial charge in [0.2, 0.25) is 0 Å². The molecule has 0 aromatic carbocycles. The first-order chi connectivity index (χ1) is 4.16. The lowest BCUT2D eigenvalue weighted by Crippen LogP contribution is -1.92. The van der Waals surface area contributed by atoms with Gasteiger partial charge < -0.3 is 4.74 Å². The van der Waals surface area contributed by atoms with Crippen molar-refractivity contribution in [2.75, 3.05) is 7.11 Å². The molecule has 50 valence electrons. The number of hydrogen-bond donors (Lipinski definition) is 0. The molecule has 0 fully saturated rings. The first-order valence-electron chi connectivity index (χ1n) is 2.64. The van der Waals surface area contributed by atoms with Crippen LogP contribution in [0.4, 0.5) is 0 Å². The zero-order chi connectivity index (χ0) is 7.28. The van der Waals surface area contributed by atoms with Crippen molar-refractivity contribution in [1.29, 1.82) is 0 Å². The van der Waals surface area contributed by atoms with Gasteiger partial charge in [-0.05, 0) is 19.4 Å². The zero-order valence-electron chi connectivity index (χ0n) is 5.89. The van der Waals surface area contributed by atoms with Crippen LogP contribution in [0.15, 0.2) is 17.4 Å². The molecular weight excluding hydrogens is 116 g/mol. The van der Waals surface area contributed by atoms with Crippen LogP contribution in [0.25, 0.3) is 0 Å². The summed E-state index contributed by atoms with van der Waals surface area (Å²) in [5.41, 5.74) is 3.67. The van der Waals surface area contributed by atoms with Crippen LogP contribution in [0.5, 0.6) is 0 Å². The second kappa shape index (κ2) is 3.93. The third-order valence-electron chi connectivity index (χ3n) is 0.680. The van der Waals surface area contributed by atoms with E-state index in [0.29, 0.717) is 0 Å². The normalized spacial score (nSPS) is 7.44. The van der Waals surface area contributed by atoms with Gasteiger partial charge in [-0.3, -0.25) is 0 Å². The second-order valence-corrected chi connectivity index (χ2v) is 1.81. The molecule has 0 saturated carbocycles. The maximum atomic E-state index is 10.4.